The summed E-state index contributed by atoms with van der Waals surface area (Å²) in [5.41, 5.74) is 6.92. The fourth-order valence-corrected chi connectivity index (χ4v) is 3.20. The molecule has 24 heavy (non-hydrogen) atoms. The minimum Gasteiger partial charge on any atom is -0.355 e. The van der Waals surface area contributed by atoms with E-state index in [0.717, 1.165) is 37.8 Å². The van der Waals surface area contributed by atoms with E-state index in [9.17, 15) is 0 Å². The van der Waals surface area contributed by atoms with Crippen molar-refractivity contribution in [3.05, 3.63) is 30.3 Å². The van der Waals surface area contributed by atoms with E-state index in [-0.39, 0.29) is 0 Å². The monoisotopic (exact) mass is 331 g/mol. The minimum atomic E-state index is 0.663. The molecule has 1 saturated carbocycles. The van der Waals surface area contributed by atoms with Crippen LogP contribution in [0.2, 0.25) is 0 Å². The maximum Gasteiger partial charge on any atom is 0.195 e. The summed E-state index contributed by atoms with van der Waals surface area (Å²) in [6, 6.07) is 10.2. The Morgan fingerprint density at radius 2 is 1.96 bits per heavy atom. The highest BCUT2D eigenvalue weighted by Crippen LogP contribution is 2.28. The SMILES string of the molecule is CN(C)CCNC(=NCC1CCCC(CN)C1)Nc1ccccc1. The van der Waals surface area contributed by atoms with Crippen molar-refractivity contribution in [2.24, 2.45) is 22.6 Å². The van der Waals surface area contributed by atoms with Crippen LogP contribution in [0.4, 0.5) is 5.69 Å². The Hall–Kier alpha value is -1.59. The van der Waals surface area contributed by atoms with E-state index in [1.807, 2.05) is 18.2 Å². The van der Waals surface area contributed by atoms with Crippen LogP contribution in [0.25, 0.3) is 0 Å². The maximum absolute atomic E-state index is 5.85. The Morgan fingerprint density at radius 3 is 2.67 bits per heavy atom. The van der Waals surface area contributed by atoms with Gasteiger partial charge in [-0.25, -0.2) is 0 Å². The zero-order valence-electron chi connectivity index (χ0n) is 15.2. The Bertz CT molecular complexity index is 486. The number of para-hydroxylation sites is 1. The molecule has 2 unspecified atom stereocenters. The van der Waals surface area contributed by atoms with Crippen LogP contribution in [0.15, 0.2) is 35.3 Å². The number of rotatable bonds is 7. The second-order valence-corrected chi connectivity index (χ2v) is 7.04. The number of guanidine groups is 1. The van der Waals surface area contributed by atoms with Gasteiger partial charge in [-0.05, 0) is 63.9 Å². The molecular weight excluding hydrogens is 298 g/mol. The number of hydrogen-bond acceptors (Lipinski definition) is 3. The minimum absolute atomic E-state index is 0.663. The fourth-order valence-electron chi connectivity index (χ4n) is 3.20. The molecule has 5 heteroatoms. The quantitative estimate of drug-likeness (QED) is 0.530. The van der Waals surface area contributed by atoms with Crippen LogP contribution in [0.1, 0.15) is 25.7 Å². The first-order chi connectivity index (χ1) is 11.7. The molecule has 0 heterocycles. The first-order valence-electron chi connectivity index (χ1n) is 9.12. The van der Waals surface area contributed by atoms with Crippen molar-refractivity contribution < 1.29 is 0 Å². The molecule has 5 nitrogen and oxygen atoms in total. The van der Waals surface area contributed by atoms with Gasteiger partial charge < -0.3 is 21.3 Å². The van der Waals surface area contributed by atoms with Crippen LogP contribution < -0.4 is 16.4 Å². The van der Waals surface area contributed by atoms with Gasteiger partial charge in [0.05, 0.1) is 0 Å². The van der Waals surface area contributed by atoms with Crippen LogP contribution in [0.5, 0.6) is 0 Å². The molecule has 0 aromatic heterocycles. The topological polar surface area (TPSA) is 65.7 Å². The number of hydrogen-bond donors (Lipinski definition) is 3. The summed E-state index contributed by atoms with van der Waals surface area (Å²) in [6.45, 7) is 3.55. The van der Waals surface area contributed by atoms with E-state index in [2.05, 4.69) is 41.8 Å². The van der Waals surface area contributed by atoms with Gasteiger partial charge in [-0.2, -0.15) is 0 Å². The summed E-state index contributed by atoms with van der Waals surface area (Å²) in [5, 5.41) is 6.85. The highest BCUT2D eigenvalue weighted by Gasteiger charge is 2.20. The summed E-state index contributed by atoms with van der Waals surface area (Å²) < 4.78 is 0. The van der Waals surface area contributed by atoms with Crippen LogP contribution in [0.3, 0.4) is 0 Å². The summed E-state index contributed by atoms with van der Waals surface area (Å²) in [4.78, 5) is 7.01. The summed E-state index contributed by atoms with van der Waals surface area (Å²) >= 11 is 0. The van der Waals surface area contributed by atoms with Crippen LogP contribution in [-0.4, -0.2) is 51.1 Å². The Balaban J connectivity index is 1.92. The maximum atomic E-state index is 5.85. The van der Waals surface area contributed by atoms with Gasteiger partial charge in [0.1, 0.15) is 0 Å². The third-order valence-corrected chi connectivity index (χ3v) is 4.62. The molecule has 134 valence electrons. The van der Waals surface area contributed by atoms with Crippen molar-refractivity contribution in [3.8, 4) is 0 Å². The number of likely N-dealkylation sites (N-methyl/N-ethyl adjacent to an activating group) is 1. The van der Waals surface area contributed by atoms with E-state index in [0.29, 0.717) is 11.8 Å². The third kappa shape index (κ3) is 6.89. The Kier molecular flexibility index (Phi) is 8.05. The smallest absolute Gasteiger partial charge is 0.195 e. The highest BCUT2D eigenvalue weighted by atomic mass is 15.2. The Labute approximate surface area is 146 Å². The van der Waals surface area contributed by atoms with Gasteiger partial charge in [0.25, 0.3) is 0 Å². The van der Waals surface area contributed by atoms with Gasteiger partial charge in [-0.3, -0.25) is 4.99 Å². The number of anilines is 1. The predicted molar refractivity (Wildman–Crippen MR) is 103 cm³/mol. The molecule has 0 aliphatic heterocycles. The lowest BCUT2D eigenvalue weighted by Crippen LogP contribution is -2.36. The van der Waals surface area contributed by atoms with Gasteiger partial charge in [0, 0.05) is 25.3 Å². The molecule has 1 aliphatic carbocycles. The summed E-state index contributed by atoms with van der Waals surface area (Å²) in [5.74, 6) is 2.22. The number of aliphatic imine (C=N–C) groups is 1. The van der Waals surface area contributed by atoms with Crippen molar-refractivity contribution in [1.82, 2.24) is 10.2 Å². The van der Waals surface area contributed by atoms with Crippen LogP contribution in [-0.2, 0) is 0 Å². The molecule has 1 aliphatic rings. The molecule has 0 radical (unpaired) electrons. The second kappa shape index (κ2) is 10.3. The molecule has 2 atom stereocenters. The summed E-state index contributed by atoms with van der Waals surface area (Å²) in [7, 11) is 4.16. The lowest BCUT2D eigenvalue weighted by Gasteiger charge is -2.27. The molecule has 4 N–H and O–H groups in total. The predicted octanol–water partition coefficient (Wildman–Crippen LogP) is 2.37. The van der Waals surface area contributed by atoms with Crippen LogP contribution in [0, 0.1) is 11.8 Å². The first-order valence-corrected chi connectivity index (χ1v) is 9.12. The number of benzene rings is 1. The van der Waals surface area contributed by atoms with E-state index in [4.69, 9.17) is 10.7 Å². The zero-order chi connectivity index (χ0) is 17.2. The second-order valence-electron chi connectivity index (χ2n) is 7.04. The highest BCUT2D eigenvalue weighted by molar-refractivity contribution is 5.93. The molecule has 0 saturated heterocycles. The van der Waals surface area contributed by atoms with Gasteiger partial charge in [-0.1, -0.05) is 24.6 Å². The molecule has 0 bridgehead atoms. The third-order valence-electron chi connectivity index (χ3n) is 4.62. The largest absolute Gasteiger partial charge is 0.355 e. The van der Waals surface area contributed by atoms with Crippen molar-refractivity contribution in [1.29, 1.82) is 0 Å². The van der Waals surface area contributed by atoms with E-state index in [1.54, 1.807) is 0 Å². The molecule has 1 fully saturated rings. The van der Waals surface area contributed by atoms with Crippen molar-refractivity contribution in [2.45, 2.75) is 25.7 Å². The number of nitrogens with zero attached hydrogens (tertiary/aromatic N) is 2. The standard InChI is InChI=1S/C19H33N5/c1-24(2)12-11-21-19(23-18-9-4-3-5-10-18)22-15-17-8-6-7-16(13-17)14-20/h3-5,9-10,16-17H,6-8,11-15,20H2,1-2H3,(H2,21,22,23). The first kappa shape index (κ1) is 18.7. The Morgan fingerprint density at radius 1 is 1.21 bits per heavy atom. The fraction of sp³-hybridized carbons (Fsp3) is 0.632. The van der Waals surface area contributed by atoms with E-state index >= 15 is 0 Å². The molecule has 1 aromatic rings. The van der Waals surface area contributed by atoms with E-state index < -0.39 is 0 Å². The van der Waals surface area contributed by atoms with E-state index in [1.165, 1.54) is 25.7 Å². The number of nitrogens with one attached hydrogen (secondary N) is 2. The van der Waals surface area contributed by atoms with Crippen molar-refractivity contribution in [3.63, 3.8) is 0 Å². The average Bonchev–Trinajstić information content (AvgIpc) is 2.60. The van der Waals surface area contributed by atoms with Gasteiger partial charge in [0.15, 0.2) is 5.96 Å². The average molecular weight is 332 g/mol. The van der Waals surface area contributed by atoms with Crippen molar-refractivity contribution in [2.75, 3.05) is 45.6 Å². The molecule has 2 rings (SSSR count). The lowest BCUT2D eigenvalue weighted by atomic mass is 9.81. The van der Waals surface area contributed by atoms with Crippen LogP contribution >= 0.6 is 0 Å². The zero-order valence-corrected chi connectivity index (χ0v) is 15.2. The van der Waals surface area contributed by atoms with Gasteiger partial charge in [0.2, 0.25) is 0 Å². The van der Waals surface area contributed by atoms with Gasteiger partial charge >= 0.3 is 0 Å². The lowest BCUT2D eigenvalue weighted by molar-refractivity contribution is 0.277. The molecule has 0 spiro atoms. The molecular formula is C19H33N5. The summed E-state index contributed by atoms with van der Waals surface area (Å²) in [6.07, 6.45) is 5.07. The molecule has 1 aromatic carbocycles. The molecule has 0 amide bonds. The number of nitrogens with two attached hydrogens (primary N) is 1. The van der Waals surface area contributed by atoms with Crippen molar-refractivity contribution >= 4 is 11.6 Å². The normalized spacial score (nSPS) is 21.8. The van der Waals surface area contributed by atoms with Gasteiger partial charge in [-0.15, -0.1) is 0 Å².